The van der Waals surface area contributed by atoms with Gasteiger partial charge < -0.3 is 14.8 Å². The van der Waals surface area contributed by atoms with Gasteiger partial charge in [0.2, 0.25) is 5.91 Å². The van der Waals surface area contributed by atoms with Gasteiger partial charge in [0.05, 0.1) is 18.6 Å². The Morgan fingerprint density at radius 2 is 1.88 bits per heavy atom. The van der Waals surface area contributed by atoms with Crippen LogP contribution in [0.25, 0.3) is 0 Å². The lowest BCUT2D eigenvalue weighted by molar-refractivity contribution is -0.143. The second kappa shape index (κ2) is 7.98. The van der Waals surface area contributed by atoms with Crippen LogP contribution in [0.1, 0.15) is 24.0 Å². The number of amides is 1. The van der Waals surface area contributed by atoms with Crippen LogP contribution in [-0.2, 0) is 22.6 Å². The number of carbonyl (C=O) groups excluding carboxylic acids is 1. The van der Waals surface area contributed by atoms with E-state index in [1.165, 1.54) is 0 Å². The van der Waals surface area contributed by atoms with Crippen molar-refractivity contribution in [1.29, 1.82) is 0 Å². The molecule has 2 N–H and O–H groups in total. The molecule has 0 bridgehead atoms. The van der Waals surface area contributed by atoms with Gasteiger partial charge in [0.1, 0.15) is 6.04 Å². The van der Waals surface area contributed by atoms with Crippen LogP contribution < -0.4 is 5.32 Å². The third-order valence-corrected chi connectivity index (χ3v) is 4.60. The third-order valence-electron chi connectivity index (χ3n) is 4.60. The van der Waals surface area contributed by atoms with Gasteiger partial charge >= 0.3 is 5.97 Å². The summed E-state index contributed by atoms with van der Waals surface area (Å²) in [5.41, 5.74) is 2.03. The van der Waals surface area contributed by atoms with E-state index >= 15 is 0 Å². The monoisotopic (exact) mass is 342 g/mol. The van der Waals surface area contributed by atoms with E-state index in [-0.39, 0.29) is 5.91 Å². The zero-order chi connectivity index (χ0) is 17.6. The highest BCUT2D eigenvalue weighted by molar-refractivity contribution is 5.84. The fraction of sp³-hybridized carbons (Fsp3) is 0.368. The molecular formula is C19H22N2O4. The number of rotatable bonds is 7. The molecule has 2 heterocycles. The van der Waals surface area contributed by atoms with E-state index < -0.39 is 18.1 Å². The van der Waals surface area contributed by atoms with Gasteiger partial charge in [0.25, 0.3) is 0 Å². The summed E-state index contributed by atoms with van der Waals surface area (Å²) in [4.78, 5) is 25.9. The summed E-state index contributed by atoms with van der Waals surface area (Å²) in [5, 5.41) is 12.4. The van der Waals surface area contributed by atoms with Crippen LogP contribution in [0, 0.1) is 0 Å². The van der Waals surface area contributed by atoms with Gasteiger partial charge in [-0.15, -0.1) is 0 Å². The van der Waals surface area contributed by atoms with Crippen LogP contribution in [0.15, 0.2) is 53.3 Å². The molecule has 0 aliphatic carbocycles. The first-order chi connectivity index (χ1) is 12.1. The highest BCUT2D eigenvalue weighted by atomic mass is 16.4. The molecule has 2 unspecified atom stereocenters. The fourth-order valence-corrected chi connectivity index (χ4v) is 3.31. The Morgan fingerprint density at radius 3 is 2.56 bits per heavy atom. The van der Waals surface area contributed by atoms with Crippen LogP contribution in [-0.4, -0.2) is 40.5 Å². The molecule has 0 spiro atoms. The number of furan rings is 1. The number of nitrogens with zero attached hydrogens (tertiary/aromatic N) is 1. The molecule has 2 aromatic rings. The summed E-state index contributed by atoms with van der Waals surface area (Å²) in [5.74, 6) is -0.979. The standard InChI is InChI=1S/C19H22N2O4/c22-18(20-10-8-15-9-11-25-13-15)16-6-7-17(19(23)24)21(16)12-14-4-2-1-3-5-14/h1-5,9,11,13,16-17H,6-8,10,12H2,(H,20,22)(H,23,24). The van der Waals surface area contributed by atoms with Crippen LogP contribution in [0.5, 0.6) is 0 Å². The molecule has 2 atom stereocenters. The first-order valence-electron chi connectivity index (χ1n) is 8.46. The molecule has 1 aliphatic heterocycles. The quantitative estimate of drug-likeness (QED) is 0.805. The minimum atomic E-state index is -0.871. The molecule has 6 heteroatoms. The minimum Gasteiger partial charge on any atom is -0.480 e. The van der Waals surface area contributed by atoms with Crippen LogP contribution in [0.3, 0.4) is 0 Å². The highest BCUT2D eigenvalue weighted by Gasteiger charge is 2.41. The average molecular weight is 342 g/mol. The Bertz CT molecular complexity index is 699. The number of carbonyl (C=O) groups is 2. The van der Waals surface area contributed by atoms with Crippen molar-refractivity contribution in [3.8, 4) is 0 Å². The SMILES string of the molecule is O=C(O)C1CCC(C(=O)NCCc2ccoc2)N1Cc1ccccc1. The lowest BCUT2D eigenvalue weighted by Crippen LogP contribution is -2.48. The minimum absolute atomic E-state index is 0.108. The third kappa shape index (κ3) is 4.28. The van der Waals surface area contributed by atoms with Crippen LogP contribution in [0.4, 0.5) is 0 Å². The molecule has 1 saturated heterocycles. The fourth-order valence-electron chi connectivity index (χ4n) is 3.31. The van der Waals surface area contributed by atoms with Gasteiger partial charge in [-0.3, -0.25) is 14.5 Å². The number of benzene rings is 1. The summed E-state index contributed by atoms with van der Waals surface area (Å²) in [7, 11) is 0. The maximum absolute atomic E-state index is 12.6. The predicted molar refractivity (Wildman–Crippen MR) is 91.9 cm³/mol. The number of hydrogen-bond acceptors (Lipinski definition) is 4. The molecule has 1 fully saturated rings. The van der Waals surface area contributed by atoms with E-state index in [4.69, 9.17) is 4.42 Å². The lowest BCUT2D eigenvalue weighted by Gasteiger charge is -2.27. The van der Waals surface area contributed by atoms with E-state index in [9.17, 15) is 14.7 Å². The van der Waals surface area contributed by atoms with Crippen molar-refractivity contribution in [3.63, 3.8) is 0 Å². The van der Waals surface area contributed by atoms with Crippen LogP contribution >= 0.6 is 0 Å². The smallest absolute Gasteiger partial charge is 0.320 e. The number of hydrogen-bond donors (Lipinski definition) is 2. The first kappa shape index (κ1) is 17.2. The van der Waals surface area contributed by atoms with Crippen LogP contribution in [0.2, 0.25) is 0 Å². The number of aliphatic carboxylic acids is 1. The van der Waals surface area contributed by atoms with Crippen molar-refractivity contribution >= 4 is 11.9 Å². The van der Waals surface area contributed by atoms with Gasteiger partial charge in [-0.25, -0.2) is 0 Å². The van der Waals surface area contributed by atoms with E-state index in [2.05, 4.69) is 5.32 Å². The average Bonchev–Trinajstić information content (AvgIpc) is 3.25. The zero-order valence-electron chi connectivity index (χ0n) is 13.9. The molecule has 1 aliphatic rings. The van der Waals surface area contributed by atoms with Gasteiger partial charge in [0.15, 0.2) is 0 Å². The van der Waals surface area contributed by atoms with Gasteiger partial charge in [-0.1, -0.05) is 30.3 Å². The molecule has 1 aromatic heterocycles. The second-order valence-electron chi connectivity index (χ2n) is 6.28. The molecule has 1 amide bonds. The number of carboxylic acids is 1. The summed E-state index contributed by atoms with van der Waals surface area (Å²) >= 11 is 0. The van der Waals surface area contributed by atoms with Gasteiger partial charge in [0, 0.05) is 13.1 Å². The van der Waals surface area contributed by atoms with E-state index in [0.29, 0.717) is 32.4 Å². The molecule has 6 nitrogen and oxygen atoms in total. The summed E-state index contributed by atoms with van der Waals surface area (Å²) in [6, 6.07) is 10.5. The number of carboxylic acid groups (broad SMARTS) is 1. The molecular weight excluding hydrogens is 320 g/mol. The Morgan fingerprint density at radius 1 is 1.12 bits per heavy atom. The van der Waals surface area contributed by atoms with Crippen molar-refractivity contribution in [2.45, 2.75) is 37.9 Å². The molecule has 3 rings (SSSR count). The maximum atomic E-state index is 12.6. The summed E-state index contributed by atoms with van der Waals surface area (Å²) in [6.07, 6.45) is 5.00. The van der Waals surface area contributed by atoms with E-state index in [0.717, 1.165) is 11.1 Å². The normalized spacial score (nSPS) is 20.5. The lowest BCUT2D eigenvalue weighted by atomic mass is 10.1. The second-order valence-corrected chi connectivity index (χ2v) is 6.28. The molecule has 1 aromatic carbocycles. The van der Waals surface area contributed by atoms with E-state index in [1.807, 2.05) is 36.4 Å². The molecule has 25 heavy (non-hydrogen) atoms. The summed E-state index contributed by atoms with van der Waals surface area (Å²) < 4.78 is 5.01. The topological polar surface area (TPSA) is 82.8 Å². The molecule has 0 radical (unpaired) electrons. The number of likely N-dealkylation sites (tertiary alicyclic amines) is 1. The Balaban J connectivity index is 1.63. The van der Waals surface area contributed by atoms with Gasteiger partial charge in [-0.05, 0) is 36.5 Å². The van der Waals surface area contributed by atoms with Crippen molar-refractivity contribution in [2.75, 3.05) is 6.54 Å². The van der Waals surface area contributed by atoms with Crippen molar-refractivity contribution < 1.29 is 19.1 Å². The highest BCUT2D eigenvalue weighted by Crippen LogP contribution is 2.26. The maximum Gasteiger partial charge on any atom is 0.320 e. The molecule has 132 valence electrons. The van der Waals surface area contributed by atoms with E-state index in [1.54, 1.807) is 17.4 Å². The Kier molecular flexibility index (Phi) is 5.50. The number of nitrogens with one attached hydrogen (secondary N) is 1. The largest absolute Gasteiger partial charge is 0.480 e. The zero-order valence-corrected chi connectivity index (χ0v) is 13.9. The Hall–Kier alpha value is -2.60. The Labute approximate surface area is 146 Å². The summed E-state index contributed by atoms with van der Waals surface area (Å²) in [6.45, 7) is 0.962. The predicted octanol–water partition coefficient (Wildman–Crippen LogP) is 2.06. The van der Waals surface area contributed by atoms with Crippen molar-refractivity contribution in [3.05, 3.63) is 60.1 Å². The van der Waals surface area contributed by atoms with Gasteiger partial charge in [-0.2, -0.15) is 0 Å². The molecule has 0 saturated carbocycles. The van der Waals surface area contributed by atoms with Crippen molar-refractivity contribution in [1.82, 2.24) is 10.2 Å². The van der Waals surface area contributed by atoms with Crippen molar-refractivity contribution in [2.24, 2.45) is 0 Å². The first-order valence-corrected chi connectivity index (χ1v) is 8.46.